The van der Waals surface area contributed by atoms with Crippen LogP contribution in [0.1, 0.15) is 5.89 Å². The summed E-state index contributed by atoms with van der Waals surface area (Å²) in [6, 6.07) is 21.1. The summed E-state index contributed by atoms with van der Waals surface area (Å²) in [6.07, 6.45) is 4.64. The molecule has 0 fully saturated rings. The third-order valence-corrected chi connectivity index (χ3v) is 3.81. The minimum absolute atomic E-state index is 0.299. The molecule has 0 aliphatic rings. The van der Waals surface area contributed by atoms with E-state index in [2.05, 4.69) is 15.3 Å². The van der Waals surface area contributed by atoms with Gasteiger partial charge in [0.05, 0.1) is 0 Å². The molecule has 2 aromatic heterocycles. The van der Waals surface area contributed by atoms with E-state index < -0.39 is 0 Å². The minimum Gasteiger partial charge on any atom is -0.437 e. The Kier molecular flexibility index (Phi) is 4.26. The van der Waals surface area contributed by atoms with E-state index >= 15 is 0 Å². The highest BCUT2D eigenvalue weighted by Gasteiger charge is 2.04. The van der Waals surface area contributed by atoms with Crippen LogP contribution in [0.15, 0.2) is 83.4 Å². The molecule has 5 nitrogen and oxygen atoms in total. The molecule has 0 bridgehead atoms. The number of fused-ring (bicyclic) bond motifs is 1. The smallest absolute Gasteiger partial charge is 0.249 e. The lowest BCUT2D eigenvalue weighted by Gasteiger charge is -2.04. The van der Waals surface area contributed by atoms with Gasteiger partial charge in [0.1, 0.15) is 11.3 Å². The lowest BCUT2D eigenvalue weighted by molar-refractivity contribution is -0.111. The molecule has 4 aromatic rings. The molecule has 1 amide bonds. The first-order valence-corrected chi connectivity index (χ1v) is 8.14. The molecule has 0 atom stereocenters. The average molecular weight is 341 g/mol. The monoisotopic (exact) mass is 341 g/mol. The quantitative estimate of drug-likeness (QED) is 0.553. The number of carbonyl (C=O) groups excluding carboxylic acids is 1. The zero-order valence-electron chi connectivity index (χ0n) is 13.8. The summed E-state index contributed by atoms with van der Waals surface area (Å²) in [5, 5.41) is 2.72. The SMILES string of the molecule is O=C(/C=C/c1nc2ccccc2o1)Nc1ccc(-c2ccccc2)cn1. The molecule has 0 aliphatic carbocycles. The van der Waals surface area contributed by atoms with E-state index in [9.17, 15) is 4.79 Å². The van der Waals surface area contributed by atoms with Gasteiger partial charge in [-0.25, -0.2) is 9.97 Å². The Morgan fingerprint density at radius 3 is 2.50 bits per heavy atom. The first kappa shape index (κ1) is 15.8. The van der Waals surface area contributed by atoms with Crippen molar-refractivity contribution in [2.45, 2.75) is 0 Å². The van der Waals surface area contributed by atoms with Crippen LogP contribution >= 0.6 is 0 Å². The maximum Gasteiger partial charge on any atom is 0.249 e. The van der Waals surface area contributed by atoms with Crippen LogP contribution in [-0.2, 0) is 4.79 Å². The first-order chi connectivity index (χ1) is 12.8. The standard InChI is InChI=1S/C21H15N3O2/c25-20(12-13-21-23-17-8-4-5-9-18(17)26-21)24-19-11-10-16(14-22-19)15-6-2-1-3-7-15/h1-14H,(H,22,24,25)/b13-12+. The van der Waals surface area contributed by atoms with Gasteiger partial charge in [0, 0.05) is 23.9 Å². The van der Waals surface area contributed by atoms with Crippen molar-refractivity contribution in [2.75, 3.05) is 5.32 Å². The first-order valence-electron chi connectivity index (χ1n) is 8.14. The fraction of sp³-hybridized carbons (Fsp3) is 0. The van der Waals surface area contributed by atoms with Gasteiger partial charge < -0.3 is 9.73 Å². The van der Waals surface area contributed by atoms with Gasteiger partial charge in [-0.05, 0) is 29.8 Å². The number of para-hydroxylation sites is 2. The molecule has 5 heteroatoms. The Bertz CT molecular complexity index is 1030. The van der Waals surface area contributed by atoms with Crippen LogP contribution in [0.4, 0.5) is 5.82 Å². The fourth-order valence-electron chi connectivity index (χ4n) is 2.55. The number of aromatic nitrogens is 2. The van der Waals surface area contributed by atoms with Gasteiger partial charge in [-0.3, -0.25) is 4.79 Å². The number of carbonyl (C=O) groups is 1. The summed E-state index contributed by atoms with van der Waals surface area (Å²) in [6.45, 7) is 0. The third kappa shape index (κ3) is 3.52. The highest BCUT2D eigenvalue weighted by molar-refractivity contribution is 6.01. The predicted molar refractivity (Wildman–Crippen MR) is 101 cm³/mol. The second-order valence-corrected chi connectivity index (χ2v) is 5.64. The van der Waals surface area contributed by atoms with Crippen molar-refractivity contribution in [2.24, 2.45) is 0 Å². The zero-order valence-corrected chi connectivity index (χ0v) is 13.8. The molecule has 1 N–H and O–H groups in total. The molecule has 2 aromatic carbocycles. The molecule has 0 unspecified atom stereocenters. The van der Waals surface area contributed by atoms with Crippen molar-refractivity contribution >= 4 is 28.9 Å². The molecule has 0 saturated carbocycles. The van der Waals surface area contributed by atoms with Gasteiger partial charge in [0.2, 0.25) is 11.8 Å². The largest absolute Gasteiger partial charge is 0.437 e. The van der Waals surface area contributed by atoms with Crippen LogP contribution in [0.5, 0.6) is 0 Å². The molecule has 0 spiro atoms. The molecular weight excluding hydrogens is 326 g/mol. The molecule has 2 heterocycles. The van der Waals surface area contributed by atoms with Crippen LogP contribution in [0.3, 0.4) is 0 Å². The van der Waals surface area contributed by atoms with Crippen molar-refractivity contribution in [3.8, 4) is 11.1 Å². The number of nitrogens with one attached hydrogen (secondary N) is 1. The second-order valence-electron chi connectivity index (χ2n) is 5.64. The number of hydrogen-bond acceptors (Lipinski definition) is 4. The van der Waals surface area contributed by atoms with E-state index in [4.69, 9.17) is 4.42 Å². The maximum atomic E-state index is 12.0. The predicted octanol–water partition coefficient (Wildman–Crippen LogP) is 4.54. The Balaban J connectivity index is 1.43. The average Bonchev–Trinajstić information content (AvgIpc) is 3.11. The van der Waals surface area contributed by atoms with Crippen LogP contribution in [0.2, 0.25) is 0 Å². The molecule has 0 radical (unpaired) electrons. The number of amides is 1. The van der Waals surface area contributed by atoms with Crippen molar-refractivity contribution in [3.05, 3.63) is 84.9 Å². The highest BCUT2D eigenvalue weighted by atomic mass is 16.3. The number of hydrogen-bond donors (Lipinski definition) is 1. The number of benzene rings is 2. The molecular formula is C21H15N3O2. The zero-order chi connectivity index (χ0) is 17.8. The van der Waals surface area contributed by atoms with Crippen LogP contribution in [-0.4, -0.2) is 15.9 Å². The Hall–Kier alpha value is -3.73. The summed E-state index contributed by atoms with van der Waals surface area (Å²) in [5.41, 5.74) is 3.51. The number of nitrogens with zero attached hydrogens (tertiary/aromatic N) is 2. The van der Waals surface area contributed by atoms with Crippen LogP contribution in [0, 0.1) is 0 Å². The summed E-state index contributed by atoms with van der Waals surface area (Å²) in [7, 11) is 0. The summed E-state index contributed by atoms with van der Waals surface area (Å²) >= 11 is 0. The van der Waals surface area contributed by atoms with Gasteiger partial charge in [-0.15, -0.1) is 0 Å². The third-order valence-electron chi connectivity index (χ3n) is 3.81. The number of pyridine rings is 1. The van der Waals surface area contributed by atoms with Gasteiger partial charge in [-0.2, -0.15) is 0 Å². The summed E-state index contributed by atoms with van der Waals surface area (Å²) in [5.74, 6) is 0.567. The Morgan fingerprint density at radius 1 is 0.923 bits per heavy atom. The normalized spacial score (nSPS) is 11.1. The van der Waals surface area contributed by atoms with Crippen LogP contribution < -0.4 is 5.32 Å². The van der Waals surface area contributed by atoms with E-state index in [1.54, 1.807) is 12.3 Å². The summed E-state index contributed by atoms with van der Waals surface area (Å²) < 4.78 is 5.54. The molecule has 126 valence electrons. The van der Waals surface area contributed by atoms with Crippen molar-refractivity contribution in [3.63, 3.8) is 0 Å². The van der Waals surface area contributed by atoms with Gasteiger partial charge >= 0.3 is 0 Å². The van der Waals surface area contributed by atoms with Gasteiger partial charge in [-0.1, -0.05) is 42.5 Å². The van der Waals surface area contributed by atoms with E-state index in [0.717, 1.165) is 16.6 Å². The molecule has 0 saturated heterocycles. The molecule has 0 aliphatic heterocycles. The number of anilines is 1. The van der Waals surface area contributed by atoms with E-state index in [1.165, 1.54) is 12.2 Å². The lowest BCUT2D eigenvalue weighted by atomic mass is 10.1. The van der Waals surface area contributed by atoms with E-state index in [0.29, 0.717) is 17.3 Å². The second kappa shape index (κ2) is 7.03. The highest BCUT2D eigenvalue weighted by Crippen LogP contribution is 2.19. The van der Waals surface area contributed by atoms with Gasteiger partial charge in [0.25, 0.3) is 0 Å². The maximum absolute atomic E-state index is 12.0. The minimum atomic E-state index is -0.299. The summed E-state index contributed by atoms with van der Waals surface area (Å²) in [4.78, 5) is 20.6. The van der Waals surface area contributed by atoms with E-state index in [1.807, 2.05) is 60.7 Å². The molecule has 4 rings (SSSR count). The Morgan fingerprint density at radius 2 is 1.73 bits per heavy atom. The van der Waals surface area contributed by atoms with Crippen molar-refractivity contribution < 1.29 is 9.21 Å². The van der Waals surface area contributed by atoms with Crippen LogP contribution in [0.25, 0.3) is 28.3 Å². The molecule has 26 heavy (non-hydrogen) atoms. The fourth-order valence-corrected chi connectivity index (χ4v) is 2.55. The van der Waals surface area contributed by atoms with Crippen molar-refractivity contribution in [1.82, 2.24) is 9.97 Å². The topological polar surface area (TPSA) is 68.0 Å². The number of rotatable bonds is 4. The van der Waals surface area contributed by atoms with Crippen molar-refractivity contribution in [1.29, 1.82) is 0 Å². The van der Waals surface area contributed by atoms with E-state index in [-0.39, 0.29) is 5.91 Å². The Labute approximate surface area is 150 Å². The number of oxazole rings is 1. The van der Waals surface area contributed by atoms with Gasteiger partial charge in [0.15, 0.2) is 5.58 Å². The lowest BCUT2D eigenvalue weighted by Crippen LogP contribution is -2.08.